The maximum atomic E-state index is 13.1. The summed E-state index contributed by atoms with van der Waals surface area (Å²) < 4.78 is 78.3. The predicted octanol–water partition coefficient (Wildman–Crippen LogP) is 7.32. The third-order valence-electron chi connectivity index (χ3n) is 4.75. The van der Waals surface area contributed by atoms with E-state index in [-0.39, 0.29) is 49.0 Å². The van der Waals surface area contributed by atoms with Crippen molar-refractivity contribution < 1.29 is 56.3 Å². The topological polar surface area (TPSA) is 50.2 Å². The summed E-state index contributed by atoms with van der Waals surface area (Å²) in [5, 5.41) is 10.3. The molecule has 2 aromatic carbocycles. The Labute approximate surface area is 219 Å². The number of alkyl halides is 6. The molecule has 0 bridgehead atoms. The van der Waals surface area contributed by atoms with Crippen LogP contribution in [-0.4, -0.2) is 23.9 Å². The molecular formula is C25H24F6IrNO2Si-. The fraction of sp³-hybridized carbons (Fsp3) is 0.280. The van der Waals surface area contributed by atoms with Gasteiger partial charge in [-0.15, -0.1) is 23.8 Å². The molecule has 1 aromatic heterocycles. The molecule has 36 heavy (non-hydrogen) atoms. The summed E-state index contributed by atoms with van der Waals surface area (Å²) in [5.74, 6) is -0.0625. The van der Waals surface area contributed by atoms with Gasteiger partial charge in [-0.1, -0.05) is 49.1 Å². The summed E-state index contributed by atoms with van der Waals surface area (Å²) in [6.45, 7) is 9.37. The van der Waals surface area contributed by atoms with Crippen LogP contribution in [0.5, 0.6) is 0 Å². The number of pyridine rings is 1. The number of ketones is 1. The minimum atomic E-state index is -4.95. The standard InChI is InChI=1S/C20H16F6NSi.C5H8O2.Ir/c1-28(2,3)16-5-7-17-12(10-16)4-6-18(27-17)13-8-14(19(21,22)23)11-15(9-13)20(24,25)26;1-4(6)3-5(2)7;/h4-8,10-11H,1-3H3;3,6H,1-2H3;/q-1;;/b;4-3-;. The average molecular weight is 705 g/mol. The Morgan fingerprint density at radius 1 is 0.944 bits per heavy atom. The SMILES string of the molecule is CC(=O)/C=C(/C)O.C[Si](C)(C)c1ccc2nc(-c3[c-]c(C(F)(F)F)cc(C(F)(F)F)c3)ccc2c1.[Ir]. The summed E-state index contributed by atoms with van der Waals surface area (Å²) in [7, 11) is -1.57. The Hall–Kier alpha value is -2.49. The van der Waals surface area contributed by atoms with E-state index in [1.165, 1.54) is 31.2 Å². The fourth-order valence-electron chi connectivity index (χ4n) is 3.06. The van der Waals surface area contributed by atoms with Gasteiger partial charge >= 0.3 is 12.4 Å². The fourth-order valence-corrected chi connectivity index (χ4v) is 4.23. The Morgan fingerprint density at radius 2 is 1.56 bits per heavy atom. The summed E-state index contributed by atoms with van der Waals surface area (Å²) in [5.41, 5.74) is -2.71. The molecule has 0 aliphatic rings. The molecule has 0 saturated heterocycles. The number of nitrogens with zero attached hydrogens (tertiary/aromatic N) is 1. The number of hydrogen-bond acceptors (Lipinski definition) is 3. The molecule has 3 rings (SSSR count). The number of hydrogen-bond donors (Lipinski definition) is 1. The van der Waals surface area contributed by atoms with Gasteiger partial charge in [-0.3, -0.25) is 9.78 Å². The van der Waals surface area contributed by atoms with Gasteiger partial charge in [-0.25, -0.2) is 0 Å². The van der Waals surface area contributed by atoms with Crippen LogP contribution in [0, 0.1) is 6.07 Å². The van der Waals surface area contributed by atoms with E-state index in [9.17, 15) is 31.1 Å². The zero-order valence-corrected chi connectivity index (χ0v) is 23.4. The van der Waals surface area contributed by atoms with Crippen LogP contribution in [-0.2, 0) is 37.3 Å². The molecule has 0 fully saturated rings. The van der Waals surface area contributed by atoms with Crippen molar-refractivity contribution in [2.24, 2.45) is 0 Å². The average Bonchev–Trinajstić information content (AvgIpc) is 2.70. The van der Waals surface area contributed by atoms with Gasteiger partial charge in [0.25, 0.3) is 0 Å². The summed E-state index contributed by atoms with van der Waals surface area (Å²) in [6, 6.07) is 11.4. The van der Waals surface area contributed by atoms with Crippen LogP contribution in [0.3, 0.4) is 0 Å². The number of rotatable bonds is 3. The number of aliphatic hydroxyl groups excluding tert-OH is 1. The first-order valence-corrected chi connectivity index (χ1v) is 13.9. The van der Waals surface area contributed by atoms with E-state index in [2.05, 4.69) is 24.6 Å². The van der Waals surface area contributed by atoms with Crippen molar-refractivity contribution in [2.45, 2.75) is 45.8 Å². The van der Waals surface area contributed by atoms with Crippen LogP contribution in [0.25, 0.3) is 22.2 Å². The molecule has 1 heterocycles. The molecule has 1 N–H and O–H groups in total. The van der Waals surface area contributed by atoms with Crippen molar-refractivity contribution >= 4 is 29.9 Å². The van der Waals surface area contributed by atoms with Crippen LogP contribution >= 0.6 is 0 Å². The number of carbonyl (C=O) groups excluding carboxylic acids is 1. The predicted molar refractivity (Wildman–Crippen MR) is 126 cm³/mol. The van der Waals surface area contributed by atoms with E-state index in [1.54, 1.807) is 12.1 Å². The second kappa shape index (κ2) is 11.7. The van der Waals surface area contributed by atoms with Gasteiger partial charge in [0.2, 0.25) is 0 Å². The maximum Gasteiger partial charge on any atom is 0.399 e. The first-order chi connectivity index (χ1) is 15.9. The smallest absolute Gasteiger partial charge is 0.399 e. The van der Waals surface area contributed by atoms with Crippen molar-refractivity contribution in [3.63, 3.8) is 0 Å². The second-order valence-electron chi connectivity index (χ2n) is 8.94. The Kier molecular flexibility index (Phi) is 10.3. The Morgan fingerprint density at radius 3 is 2.00 bits per heavy atom. The quantitative estimate of drug-likeness (QED) is 0.102. The second-order valence-corrected chi connectivity index (χ2v) is 14.0. The van der Waals surface area contributed by atoms with E-state index >= 15 is 0 Å². The number of fused-ring (bicyclic) bond motifs is 1. The molecule has 0 amide bonds. The molecule has 0 atom stereocenters. The largest absolute Gasteiger partial charge is 0.512 e. The van der Waals surface area contributed by atoms with Crippen LogP contribution in [0.15, 0.2) is 54.3 Å². The van der Waals surface area contributed by atoms with Crippen molar-refractivity contribution in [3.8, 4) is 11.3 Å². The van der Waals surface area contributed by atoms with Gasteiger partial charge in [0, 0.05) is 26.2 Å². The Balaban J connectivity index is 0.000000712. The molecule has 0 spiro atoms. The van der Waals surface area contributed by atoms with Gasteiger partial charge < -0.3 is 5.11 Å². The molecule has 11 heteroatoms. The maximum absolute atomic E-state index is 13.1. The van der Waals surface area contributed by atoms with Crippen LogP contribution in [0.1, 0.15) is 25.0 Å². The van der Waals surface area contributed by atoms with Crippen LogP contribution in [0.2, 0.25) is 19.6 Å². The summed E-state index contributed by atoms with van der Waals surface area (Å²) in [4.78, 5) is 14.3. The van der Waals surface area contributed by atoms with Gasteiger partial charge in [0.1, 0.15) is 0 Å². The molecule has 1 radical (unpaired) electrons. The molecule has 0 aliphatic heterocycles. The Bertz CT molecular complexity index is 1230. The first-order valence-electron chi connectivity index (χ1n) is 10.4. The molecule has 3 nitrogen and oxygen atoms in total. The summed E-state index contributed by atoms with van der Waals surface area (Å²) >= 11 is 0. The van der Waals surface area contributed by atoms with E-state index in [4.69, 9.17) is 5.11 Å². The zero-order chi connectivity index (χ0) is 26.8. The minimum Gasteiger partial charge on any atom is -0.512 e. The van der Waals surface area contributed by atoms with E-state index in [0.717, 1.165) is 5.39 Å². The van der Waals surface area contributed by atoms with Crippen LogP contribution in [0.4, 0.5) is 26.3 Å². The molecule has 0 aliphatic carbocycles. The zero-order valence-electron chi connectivity index (χ0n) is 20.0. The first kappa shape index (κ1) is 31.5. The number of carbonyl (C=O) groups is 1. The van der Waals surface area contributed by atoms with Gasteiger partial charge in [0.15, 0.2) is 5.78 Å². The van der Waals surface area contributed by atoms with Gasteiger partial charge in [-0.2, -0.15) is 26.3 Å². The number of allylic oxidation sites excluding steroid dienone is 2. The summed E-state index contributed by atoms with van der Waals surface area (Å²) in [6.07, 6.45) is -8.69. The number of halogens is 6. The van der Waals surface area contributed by atoms with Crippen molar-refractivity contribution in [1.82, 2.24) is 4.98 Å². The molecule has 0 saturated carbocycles. The van der Waals surface area contributed by atoms with Crippen molar-refractivity contribution in [1.29, 1.82) is 0 Å². The molecule has 3 aromatic rings. The minimum absolute atomic E-state index is 0. The van der Waals surface area contributed by atoms with E-state index < -0.39 is 31.6 Å². The molecular weight excluding hydrogens is 681 g/mol. The number of benzene rings is 2. The molecule has 197 valence electrons. The molecule has 0 unspecified atom stereocenters. The van der Waals surface area contributed by atoms with Gasteiger partial charge in [0.05, 0.1) is 19.3 Å². The number of aromatic nitrogens is 1. The third-order valence-corrected chi connectivity index (χ3v) is 6.79. The van der Waals surface area contributed by atoms with Gasteiger partial charge in [-0.05, 0) is 42.1 Å². The monoisotopic (exact) mass is 705 g/mol. The van der Waals surface area contributed by atoms with Crippen molar-refractivity contribution in [3.05, 3.63) is 71.5 Å². The van der Waals surface area contributed by atoms with Crippen molar-refractivity contribution in [2.75, 3.05) is 0 Å². The van der Waals surface area contributed by atoms with Crippen LogP contribution < -0.4 is 5.19 Å². The third kappa shape index (κ3) is 8.87. The van der Waals surface area contributed by atoms with E-state index in [1.807, 2.05) is 18.2 Å². The number of aliphatic hydroxyl groups is 1. The van der Waals surface area contributed by atoms with E-state index in [0.29, 0.717) is 11.6 Å². The normalized spacial score (nSPS) is 12.5.